The molecule has 0 bridgehead atoms. The Morgan fingerprint density at radius 2 is 1.87 bits per heavy atom. The molecule has 3 aliphatic rings. The van der Waals surface area contributed by atoms with Gasteiger partial charge in [0.2, 0.25) is 0 Å². The summed E-state index contributed by atoms with van der Waals surface area (Å²) in [5.41, 5.74) is 3.10. The summed E-state index contributed by atoms with van der Waals surface area (Å²) in [5.74, 6) is -0.603. The third-order valence-corrected chi connectivity index (χ3v) is 13.6. The molecule has 326 valence electrons. The highest BCUT2D eigenvalue weighted by molar-refractivity contribution is 7.90. The summed E-state index contributed by atoms with van der Waals surface area (Å²) < 4.78 is 56.4. The van der Waals surface area contributed by atoms with E-state index in [1.807, 2.05) is 18.2 Å². The van der Waals surface area contributed by atoms with E-state index in [0.29, 0.717) is 23.0 Å². The standard InChI is InChI=1S/C45H49ClFN7O7S/c1-44(2)13-11-30(38(25-44)29-3-5-32(46)6-4-29)21-34-26-48-17-18-53(34)33-7-9-37(41(23-33)61-35-22-31-12-16-49-42(31)50-27-35)43(55)52-62(58,59)36-8-10-39(40(24-36)54(56)57)51-28-45(47)14-19-60-20-15-45/h3-10,12,16,22-24,27,34,48,51H,11,13-15,17-21,25-26,28H2,1-2H3,(H,49,50)(H,52,55). The molecule has 0 spiro atoms. The Kier molecular flexibility index (Phi) is 12.3. The number of fused-ring (bicyclic) bond motifs is 1. The molecule has 2 aliphatic heterocycles. The van der Waals surface area contributed by atoms with E-state index in [4.69, 9.17) is 21.1 Å². The zero-order valence-electron chi connectivity index (χ0n) is 34.5. The van der Waals surface area contributed by atoms with Gasteiger partial charge < -0.3 is 30.0 Å². The Hall–Kier alpha value is -5.55. The number of piperazine rings is 1. The summed E-state index contributed by atoms with van der Waals surface area (Å²) in [4.78, 5) is 34.6. The molecule has 62 heavy (non-hydrogen) atoms. The number of carbonyl (C=O) groups excluding carboxylic acids is 1. The van der Waals surface area contributed by atoms with Gasteiger partial charge >= 0.3 is 0 Å². The summed E-state index contributed by atoms with van der Waals surface area (Å²) in [6.07, 6.45) is 7.26. The predicted octanol–water partition coefficient (Wildman–Crippen LogP) is 8.80. The van der Waals surface area contributed by atoms with Gasteiger partial charge in [-0.25, -0.2) is 22.5 Å². The number of halogens is 2. The van der Waals surface area contributed by atoms with Crippen LogP contribution >= 0.6 is 11.6 Å². The number of amides is 1. The lowest BCUT2D eigenvalue weighted by Crippen LogP contribution is -2.51. The molecule has 1 aliphatic carbocycles. The van der Waals surface area contributed by atoms with E-state index >= 15 is 4.39 Å². The highest BCUT2D eigenvalue weighted by atomic mass is 35.5. The summed E-state index contributed by atoms with van der Waals surface area (Å²) >= 11 is 6.28. The number of pyridine rings is 1. The van der Waals surface area contributed by atoms with Gasteiger partial charge in [0, 0.05) is 92.7 Å². The van der Waals surface area contributed by atoms with Crippen molar-refractivity contribution in [1.82, 2.24) is 20.0 Å². The fourth-order valence-corrected chi connectivity index (χ4v) is 9.64. The second-order valence-corrected chi connectivity index (χ2v) is 19.2. The number of nitrogens with one attached hydrogen (secondary N) is 4. The number of aromatic amines is 1. The van der Waals surface area contributed by atoms with Crippen LogP contribution in [0.4, 0.5) is 21.5 Å². The van der Waals surface area contributed by atoms with Crippen molar-refractivity contribution in [3.8, 4) is 11.5 Å². The fraction of sp³-hybridized carbons (Fsp3) is 0.378. The number of benzene rings is 3. The van der Waals surface area contributed by atoms with Gasteiger partial charge in [-0.2, -0.15) is 0 Å². The SMILES string of the molecule is CC1(C)CCC(CC2CNCCN2c2ccc(C(=O)NS(=O)(=O)c3ccc(NCC4(F)CCOCC4)c([N+](=O)[O-])c3)c(Oc3cnc4[nH]ccc4c3)c2)=C(c2ccc(Cl)cc2)C1. The van der Waals surface area contributed by atoms with Crippen LogP contribution in [0.15, 0.2) is 95.7 Å². The maximum absolute atomic E-state index is 15.3. The lowest BCUT2D eigenvalue weighted by atomic mass is 9.71. The molecule has 4 heterocycles. The first-order valence-electron chi connectivity index (χ1n) is 20.7. The zero-order chi connectivity index (χ0) is 43.6. The molecule has 1 atom stereocenters. The van der Waals surface area contributed by atoms with Gasteiger partial charge in [0.1, 0.15) is 28.5 Å². The molecule has 14 nitrogen and oxygen atoms in total. The Morgan fingerprint density at radius 3 is 2.65 bits per heavy atom. The van der Waals surface area contributed by atoms with Crippen LogP contribution in [0.2, 0.25) is 5.02 Å². The van der Waals surface area contributed by atoms with Crippen LogP contribution in [0.5, 0.6) is 11.5 Å². The smallest absolute Gasteiger partial charge is 0.293 e. The number of hydrogen-bond acceptors (Lipinski definition) is 11. The number of H-pyrrole nitrogens is 1. The molecule has 0 radical (unpaired) electrons. The van der Waals surface area contributed by atoms with E-state index in [1.54, 1.807) is 24.4 Å². The summed E-state index contributed by atoms with van der Waals surface area (Å²) in [6, 6.07) is 19.9. The van der Waals surface area contributed by atoms with Crippen molar-refractivity contribution in [3.05, 3.63) is 117 Å². The maximum Gasteiger partial charge on any atom is 0.293 e. The van der Waals surface area contributed by atoms with Crippen LogP contribution < -0.4 is 25.0 Å². The first-order valence-corrected chi connectivity index (χ1v) is 22.6. The molecule has 0 saturated carbocycles. The molecule has 3 aromatic carbocycles. The quantitative estimate of drug-likeness (QED) is 0.0656. The van der Waals surface area contributed by atoms with Gasteiger partial charge in [0.05, 0.1) is 21.6 Å². The number of allylic oxidation sites excluding steroid dienone is 1. The second kappa shape index (κ2) is 17.7. The molecule has 2 aromatic heterocycles. The highest BCUT2D eigenvalue weighted by Gasteiger charge is 2.34. The van der Waals surface area contributed by atoms with Gasteiger partial charge in [-0.05, 0) is 90.8 Å². The molecule has 1 amide bonds. The second-order valence-electron chi connectivity index (χ2n) is 17.0. The van der Waals surface area contributed by atoms with Crippen molar-refractivity contribution in [2.45, 2.75) is 69.0 Å². The van der Waals surface area contributed by atoms with E-state index in [0.717, 1.165) is 62.0 Å². The number of nitro benzene ring substituents is 1. The van der Waals surface area contributed by atoms with Crippen molar-refractivity contribution in [2.24, 2.45) is 5.41 Å². The summed E-state index contributed by atoms with van der Waals surface area (Å²) in [6.45, 7) is 6.95. The molecule has 2 saturated heterocycles. The van der Waals surface area contributed by atoms with Crippen molar-refractivity contribution in [3.63, 3.8) is 0 Å². The van der Waals surface area contributed by atoms with Crippen LogP contribution in [0.3, 0.4) is 0 Å². The molecule has 1 unspecified atom stereocenters. The number of carbonyl (C=O) groups is 1. The van der Waals surface area contributed by atoms with E-state index < -0.39 is 37.1 Å². The lowest BCUT2D eigenvalue weighted by molar-refractivity contribution is -0.384. The Labute approximate surface area is 364 Å². The third-order valence-electron chi connectivity index (χ3n) is 12.0. The fourth-order valence-electron chi connectivity index (χ4n) is 8.53. The number of hydrogen-bond donors (Lipinski definition) is 4. The zero-order valence-corrected chi connectivity index (χ0v) is 36.1. The van der Waals surface area contributed by atoms with Gasteiger partial charge in [0.15, 0.2) is 0 Å². The van der Waals surface area contributed by atoms with Crippen molar-refractivity contribution in [1.29, 1.82) is 0 Å². The van der Waals surface area contributed by atoms with Gasteiger partial charge in [0.25, 0.3) is 21.6 Å². The molecule has 2 fully saturated rings. The number of nitro groups is 1. The summed E-state index contributed by atoms with van der Waals surface area (Å²) in [7, 11) is -4.66. The number of ether oxygens (including phenoxy) is 2. The van der Waals surface area contributed by atoms with Crippen LogP contribution in [-0.4, -0.2) is 80.3 Å². The van der Waals surface area contributed by atoms with Gasteiger partial charge in [-0.1, -0.05) is 43.2 Å². The molecular formula is C45H49ClFN7O7S. The van der Waals surface area contributed by atoms with E-state index in [1.165, 1.54) is 35.0 Å². The monoisotopic (exact) mass is 885 g/mol. The van der Waals surface area contributed by atoms with Crippen molar-refractivity contribution in [2.75, 3.05) is 49.6 Å². The summed E-state index contributed by atoms with van der Waals surface area (Å²) in [5, 5.41) is 19.9. The third kappa shape index (κ3) is 9.73. The van der Waals surface area contributed by atoms with Crippen LogP contribution in [-0.2, 0) is 14.8 Å². The maximum atomic E-state index is 15.3. The normalized spacial score (nSPS) is 19.0. The predicted molar refractivity (Wildman–Crippen MR) is 237 cm³/mol. The van der Waals surface area contributed by atoms with Gasteiger partial charge in [-0.15, -0.1) is 0 Å². The average Bonchev–Trinajstić information content (AvgIpc) is 3.72. The van der Waals surface area contributed by atoms with E-state index in [-0.39, 0.29) is 61.1 Å². The topological polar surface area (TPSA) is 181 Å². The Balaban J connectivity index is 1.09. The lowest BCUT2D eigenvalue weighted by Gasteiger charge is -2.41. The van der Waals surface area contributed by atoms with E-state index in [9.17, 15) is 23.3 Å². The molecule has 4 N–H and O–H groups in total. The average molecular weight is 886 g/mol. The number of anilines is 2. The Morgan fingerprint density at radius 1 is 1.08 bits per heavy atom. The van der Waals surface area contributed by atoms with Crippen molar-refractivity contribution >= 4 is 61.2 Å². The minimum absolute atomic E-state index is 0.0495. The van der Waals surface area contributed by atoms with E-state index in [2.05, 4.69) is 56.2 Å². The first kappa shape index (κ1) is 43.1. The van der Waals surface area contributed by atoms with Crippen LogP contribution in [0.1, 0.15) is 68.3 Å². The first-order chi connectivity index (χ1) is 29.7. The molecule has 17 heteroatoms. The number of rotatable bonds is 13. The van der Waals surface area contributed by atoms with Crippen molar-refractivity contribution < 1.29 is 32.0 Å². The molecular weight excluding hydrogens is 837 g/mol. The number of sulfonamides is 1. The minimum atomic E-state index is -4.66. The number of nitrogens with zero attached hydrogens (tertiary/aromatic N) is 3. The molecule has 5 aromatic rings. The van der Waals surface area contributed by atoms with Crippen LogP contribution in [0, 0.1) is 15.5 Å². The number of aromatic nitrogens is 2. The molecule has 8 rings (SSSR count). The Bertz CT molecular complexity index is 2630. The minimum Gasteiger partial charge on any atom is -0.455 e. The number of alkyl halides is 1. The van der Waals surface area contributed by atoms with Crippen LogP contribution in [0.25, 0.3) is 16.6 Å². The highest BCUT2D eigenvalue weighted by Crippen LogP contribution is 2.45. The largest absolute Gasteiger partial charge is 0.455 e. The van der Waals surface area contributed by atoms with Gasteiger partial charge in [-0.3, -0.25) is 14.9 Å².